The van der Waals surface area contributed by atoms with Crippen molar-refractivity contribution in [2.24, 2.45) is 0 Å². The van der Waals surface area contributed by atoms with Crippen LogP contribution in [-0.2, 0) is 4.79 Å². The normalized spacial score (nSPS) is 12.2. The lowest BCUT2D eigenvalue weighted by molar-refractivity contribution is -0.115. The third kappa shape index (κ3) is 5.02. The molecule has 0 saturated carbocycles. The summed E-state index contributed by atoms with van der Waals surface area (Å²) in [5, 5.41) is 14.8. The molecule has 2 N–H and O–H groups in total. The quantitative estimate of drug-likeness (QED) is 0.797. The van der Waals surface area contributed by atoms with Crippen molar-refractivity contribution in [2.75, 3.05) is 10.6 Å². The van der Waals surface area contributed by atoms with Gasteiger partial charge >= 0.3 is 0 Å². The molecule has 0 aliphatic carbocycles. The molecule has 1 amide bonds. The summed E-state index contributed by atoms with van der Waals surface area (Å²) in [6.45, 7) is 5.95. The van der Waals surface area contributed by atoms with Gasteiger partial charge in [-0.15, -0.1) is 10.2 Å². The van der Waals surface area contributed by atoms with E-state index in [-0.39, 0.29) is 11.2 Å². The van der Waals surface area contributed by atoms with Crippen LogP contribution in [0.25, 0.3) is 0 Å². The molecule has 1 aromatic carbocycles. The fourth-order valence-corrected chi connectivity index (χ4v) is 3.57. The summed E-state index contributed by atoms with van der Waals surface area (Å²) in [6.07, 6.45) is 0. The summed E-state index contributed by atoms with van der Waals surface area (Å²) in [6, 6.07) is 9.74. The molecule has 112 valence electrons. The van der Waals surface area contributed by atoms with Crippen LogP contribution in [0.15, 0.2) is 34.7 Å². The number of para-hydroxylation sites is 1. The van der Waals surface area contributed by atoms with Crippen LogP contribution in [0.4, 0.5) is 10.8 Å². The minimum atomic E-state index is -0.231. The van der Waals surface area contributed by atoms with Crippen LogP contribution in [0.2, 0.25) is 0 Å². The molecular formula is C14H18N4OS2. The Balaban J connectivity index is 1.90. The van der Waals surface area contributed by atoms with E-state index in [1.807, 2.05) is 51.1 Å². The number of nitrogens with zero attached hydrogens (tertiary/aromatic N) is 2. The van der Waals surface area contributed by atoms with E-state index in [9.17, 15) is 4.79 Å². The summed E-state index contributed by atoms with van der Waals surface area (Å²) >= 11 is 2.87. The Morgan fingerprint density at radius 1 is 1.19 bits per heavy atom. The first-order valence-electron chi connectivity index (χ1n) is 6.67. The highest BCUT2D eigenvalue weighted by atomic mass is 32.2. The van der Waals surface area contributed by atoms with Crippen LogP contribution in [0.1, 0.15) is 20.8 Å². The standard InChI is InChI=1S/C14H18N4OS2/c1-9(2)15-13-17-18-14(21-13)20-10(3)12(19)16-11-7-5-4-6-8-11/h4-10H,1-3H3,(H,15,17)(H,16,19). The predicted molar refractivity (Wildman–Crippen MR) is 89.1 cm³/mol. The SMILES string of the molecule is CC(C)Nc1nnc(SC(C)C(=O)Nc2ccccc2)s1. The van der Waals surface area contributed by atoms with Gasteiger partial charge in [0.25, 0.3) is 0 Å². The molecule has 1 atom stereocenters. The highest BCUT2D eigenvalue weighted by Gasteiger charge is 2.17. The van der Waals surface area contributed by atoms with Crippen molar-refractivity contribution in [3.63, 3.8) is 0 Å². The van der Waals surface area contributed by atoms with Crippen molar-refractivity contribution >= 4 is 39.8 Å². The van der Waals surface area contributed by atoms with Gasteiger partial charge in [0.05, 0.1) is 5.25 Å². The maximum Gasteiger partial charge on any atom is 0.237 e. The van der Waals surface area contributed by atoms with Gasteiger partial charge in [-0.25, -0.2) is 0 Å². The average molecular weight is 322 g/mol. The van der Waals surface area contributed by atoms with Crippen LogP contribution < -0.4 is 10.6 Å². The van der Waals surface area contributed by atoms with Gasteiger partial charge in [0.2, 0.25) is 11.0 Å². The van der Waals surface area contributed by atoms with Gasteiger partial charge in [-0.1, -0.05) is 41.3 Å². The van der Waals surface area contributed by atoms with Gasteiger partial charge in [0.1, 0.15) is 0 Å². The molecule has 1 unspecified atom stereocenters. The zero-order valence-corrected chi connectivity index (χ0v) is 13.8. The van der Waals surface area contributed by atoms with Crippen LogP contribution >= 0.6 is 23.1 Å². The fourth-order valence-electron chi connectivity index (χ4n) is 1.53. The molecule has 0 aliphatic heterocycles. The van der Waals surface area contributed by atoms with E-state index in [0.29, 0.717) is 6.04 Å². The third-order valence-corrected chi connectivity index (χ3v) is 4.55. The van der Waals surface area contributed by atoms with Gasteiger partial charge in [-0.2, -0.15) is 0 Å². The van der Waals surface area contributed by atoms with Gasteiger partial charge in [0, 0.05) is 11.7 Å². The maximum atomic E-state index is 12.1. The number of rotatable bonds is 6. The molecule has 0 spiro atoms. The Bertz CT molecular complexity index is 586. The number of nitrogens with one attached hydrogen (secondary N) is 2. The molecule has 1 heterocycles. The molecule has 21 heavy (non-hydrogen) atoms. The zero-order valence-electron chi connectivity index (χ0n) is 12.2. The van der Waals surface area contributed by atoms with Crippen molar-refractivity contribution in [1.82, 2.24) is 10.2 Å². The van der Waals surface area contributed by atoms with Gasteiger partial charge < -0.3 is 10.6 Å². The summed E-state index contributed by atoms with van der Waals surface area (Å²) < 4.78 is 0.786. The summed E-state index contributed by atoms with van der Waals surface area (Å²) in [5.41, 5.74) is 0.800. The first-order chi connectivity index (χ1) is 10.0. The highest BCUT2D eigenvalue weighted by Crippen LogP contribution is 2.29. The van der Waals surface area contributed by atoms with Crippen molar-refractivity contribution in [3.8, 4) is 0 Å². The molecule has 7 heteroatoms. The van der Waals surface area contributed by atoms with E-state index in [0.717, 1.165) is 15.2 Å². The monoisotopic (exact) mass is 322 g/mol. The second kappa shape index (κ2) is 7.42. The number of amides is 1. The molecule has 0 aliphatic rings. The first kappa shape index (κ1) is 15.8. The smallest absolute Gasteiger partial charge is 0.237 e. The highest BCUT2D eigenvalue weighted by molar-refractivity contribution is 8.02. The third-order valence-electron chi connectivity index (χ3n) is 2.51. The molecule has 0 bridgehead atoms. The topological polar surface area (TPSA) is 66.9 Å². The first-order valence-corrected chi connectivity index (χ1v) is 8.37. The second-order valence-electron chi connectivity index (χ2n) is 4.79. The Morgan fingerprint density at radius 3 is 2.57 bits per heavy atom. The summed E-state index contributed by atoms with van der Waals surface area (Å²) in [7, 11) is 0. The number of thioether (sulfide) groups is 1. The van der Waals surface area contributed by atoms with E-state index in [1.54, 1.807) is 0 Å². The molecule has 0 fully saturated rings. The van der Waals surface area contributed by atoms with Gasteiger partial charge in [-0.05, 0) is 32.9 Å². The Morgan fingerprint density at radius 2 is 1.90 bits per heavy atom. The molecule has 5 nitrogen and oxygen atoms in total. The van der Waals surface area contributed by atoms with E-state index >= 15 is 0 Å². The number of hydrogen-bond donors (Lipinski definition) is 2. The molecule has 2 aromatic rings. The maximum absolute atomic E-state index is 12.1. The van der Waals surface area contributed by atoms with Crippen molar-refractivity contribution < 1.29 is 4.79 Å². The van der Waals surface area contributed by atoms with E-state index in [4.69, 9.17) is 0 Å². The lowest BCUT2D eigenvalue weighted by Crippen LogP contribution is -2.22. The molecule has 2 rings (SSSR count). The van der Waals surface area contributed by atoms with Crippen molar-refractivity contribution in [3.05, 3.63) is 30.3 Å². The lowest BCUT2D eigenvalue weighted by atomic mass is 10.3. The predicted octanol–water partition coefficient (Wildman–Crippen LogP) is 3.48. The Kier molecular flexibility index (Phi) is 5.58. The van der Waals surface area contributed by atoms with E-state index in [1.165, 1.54) is 23.1 Å². The largest absolute Gasteiger partial charge is 0.358 e. The Hall–Kier alpha value is -1.60. The number of carbonyl (C=O) groups excluding carboxylic acids is 1. The lowest BCUT2D eigenvalue weighted by Gasteiger charge is -2.09. The van der Waals surface area contributed by atoms with Crippen LogP contribution in [0.5, 0.6) is 0 Å². The molecular weight excluding hydrogens is 304 g/mol. The van der Waals surface area contributed by atoms with Crippen LogP contribution in [0, 0.1) is 0 Å². The molecule has 0 saturated heterocycles. The number of hydrogen-bond acceptors (Lipinski definition) is 6. The average Bonchev–Trinajstić information content (AvgIpc) is 2.86. The fraction of sp³-hybridized carbons (Fsp3) is 0.357. The van der Waals surface area contributed by atoms with Gasteiger partial charge in [0.15, 0.2) is 4.34 Å². The van der Waals surface area contributed by atoms with Crippen molar-refractivity contribution in [2.45, 2.75) is 36.4 Å². The Labute approximate surface area is 132 Å². The van der Waals surface area contributed by atoms with E-state index < -0.39 is 0 Å². The summed E-state index contributed by atoms with van der Waals surface area (Å²) in [5.74, 6) is -0.0419. The van der Waals surface area contributed by atoms with Gasteiger partial charge in [-0.3, -0.25) is 4.79 Å². The zero-order chi connectivity index (χ0) is 15.2. The number of benzene rings is 1. The summed E-state index contributed by atoms with van der Waals surface area (Å²) in [4.78, 5) is 12.1. The molecule has 1 aromatic heterocycles. The molecule has 0 radical (unpaired) electrons. The second-order valence-corrected chi connectivity index (χ2v) is 7.35. The minimum Gasteiger partial charge on any atom is -0.358 e. The van der Waals surface area contributed by atoms with E-state index in [2.05, 4.69) is 20.8 Å². The minimum absolute atomic E-state index is 0.0419. The number of anilines is 2. The number of carbonyl (C=O) groups is 1. The number of aromatic nitrogens is 2. The van der Waals surface area contributed by atoms with Crippen LogP contribution in [0.3, 0.4) is 0 Å². The van der Waals surface area contributed by atoms with Crippen LogP contribution in [-0.4, -0.2) is 27.4 Å². The van der Waals surface area contributed by atoms with Crippen molar-refractivity contribution in [1.29, 1.82) is 0 Å².